The third kappa shape index (κ3) is 4.62. The number of anilines is 3. The van der Waals surface area contributed by atoms with Gasteiger partial charge in [-0.15, -0.1) is 0 Å². The van der Waals surface area contributed by atoms with Gasteiger partial charge in [0, 0.05) is 17.1 Å². The zero-order valence-corrected chi connectivity index (χ0v) is 23.7. The van der Waals surface area contributed by atoms with E-state index in [0.717, 1.165) is 17.1 Å². The second kappa shape index (κ2) is 10.6. The molecule has 8 rings (SSSR count). The van der Waals surface area contributed by atoms with Crippen molar-refractivity contribution in [2.24, 2.45) is 0 Å². The molecule has 1 nitrogen and oxygen atoms in total. The Hall–Kier alpha value is -5.66. The minimum atomic E-state index is 1.12. The second-order valence-electron chi connectivity index (χ2n) is 11.0. The highest BCUT2D eigenvalue weighted by atomic mass is 15.1. The van der Waals surface area contributed by atoms with Crippen LogP contribution in [0.3, 0.4) is 0 Å². The van der Waals surface area contributed by atoms with E-state index in [-0.39, 0.29) is 0 Å². The summed E-state index contributed by atoms with van der Waals surface area (Å²) < 4.78 is 0. The largest absolute Gasteiger partial charge is 0.311 e. The second-order valence-corrected chi connectivity index (χ2v) is 11.0. The highest BCUT2D eigenvalue weighted by molar-refractivity contribution is 6.10. The molecule has 1 aliphatic rings. The summed E-state index contributed by atoms with van der Waals surface area (Å²) in [7, 11) is 0. The molecule has 0 unspecified atom stereocenters. The van der Waals surface area contributed by atoms with Crippen molar-refractivity contribution in [2.45, 2.75) is 0 Å². The summed E-state index contributed by atoms with van der Waals surface area (Å²) in [4.78, 5) is 2.34. The number of rotatable bonds is 6. The predicted octanol–water partition coefficient (Wildman–Crippen LogP) is 11.8. The molecule has 0 heterocycles. The van der Waals surface area contributed by atoms with E-state index in [9.17, 15) is 0 Å². The topological polar surface area (TPSA) is 3.24 Å². The maximum atomic E-state index is 2.34. The Bertz CT molecular complexity index is 1980. The van der Waals surface area contributed by atoms with E-state index in [4.69, 9.17) is 0 Å². The molecule has 0 saturated carbocycles. The Balaban J connectivity index is 1.19. The summed E-state index contributed by atoms with van der Waals surface area (Å²) in [5.74, 6) is 0. The van der Waals surface area contributed by atoms with Crippen molar-refractivity contribution in [3.8, 4) is 33.4 Å². The number of benzene rings is 7. The summed E-state index contributed by atoms with van der Waals surface area (Å²) in [6, 6.07) is 58.9. The summed E-state index contributed by atoms with van der Waals surface area (Å²) in [6.45, 7) is 0. The van der Waals surface area contributed by atoms with Crippen molar-refractivity contribution < 1.29 is 0 Å². The van der Waals surface area contributed by atoms with Crippen molar-refractivity contribution in [1.82, 2.24) is 0 Å². The van der Waals surface area contributed by atoms with Crippen LogP contribution in [-0.4, -0.2) is 0 Å². The lowest BCUT2D eigenvalue weighted by molar-refractivity contribution is 1.28. The lowest BCUT2D eigenvalue weighted by atomic mass is 9.94. The molecule has 43 heavy (non-hydrogen) atoms. The van der Waals surface area contributed by atoms with E-state index in [0.29, 0.717) is 0 Å². The molecular formula is C42H29N. The first-order valence-corrected chi connectivity index (χ1v) is 14.8. The fraction of sp³-hybridized carbons (Fsp3) is 0. The molecule has 0 N–H and O–H groups in total. The Labute approximate surface area is 252 Å². The van der Waals surface area contributed by atoms with Crippen LogP contribution in [0, 0.1) is 0 Å². The van der Waals surface area contributed by atoms with Crippen LogP contribution in [0.15, 0.2) is 164 Å². The molecule has 0 bridgehead atoms. The van der Waals surface area contributed by atoms with Crippen molar-refractivity contribution in [2.75, 3.05) is 4.90 Å². The van der Waals surface area contributed by atoms with E-state index in [2.05, 4.69) is 181 Å². The van der Waals surface area contributed by atoms with Crippen LogP contribution in [0.5, 0.6) is 0 Å². The van der Waals surface area contributed by atoms with Gasteiger partial charge in [0.2, 0.25) is 0 Å². The summed E-state index contributed by atoms with van der Waals surface area (Å²) in [5.41, 5.74) is 13.3. The first kappa shape index (κ1) is 25.1. The zero-order valence-electron chi connectivity index (χ0n) is 23.7. The average Bonchev–Trinajstić information content (AvgIpc) is 3.52. The minimum Gasteiger partial charge on any atom is -0.311 e. The molecule has 1 aliphatic carbocycles. The Morgan fingerprint density at radius 1 is 0.302 bits per heavy atom. The normalized spacial score (nSPS) is 11.6. The fourth-order valence-corrected chi connectivity index (χ4v) is 6.28. The first-order chi connectivity index (χ1) is 21.3. The van der Waals surface area contributed by atoms with Gasteiger partial charge in [-0.1, -0.05) is 140 Å². The van der Waals surface area contributed by atoms with Gasteiger partial charge < -0.3 is 4.90 Å². The van der Waals surface area contributed by atoms with Crippen LogP contribution in [0.4, 0.5) is 17.1 Å². The Kier molecular flexibility index (Phi) is 6.20. The first-order valence-electron chi connectivity index (χ1n) is 14.8. The van der Waals surface area contributed by atoms with Crippen LogP contribution in [0.25, 0.3) is 56.3 Å². The van der Waals surface area contributed by atoms with Gasteiger partial charge in [0.25, 0.3) is 0 Å². The Morgan fingerprint density at radius 2 is 0.744 bits per heavy atom. The summed E-state index contributed by atoms with van der Waals surface area (Å²) >= 11 is 0. The molecule has 0 aliphatic heterocycles. The third-order valence-electron chi connectivity index (χ3n) is 8.45. The van der Waals surface area contributed by atoms with Gasteiger partial charge in [-0.25, -0.2) is 0 Å². The van der Waals surface area contributed by atoms with Crippen LogP contribution < -0.4 is 4.90 Å². The summed E-state index contributed by atoms with van der Waals surface area (Å²) in [5, 5.41) is 2.65. The van der Waals surface area contributed by atoms with Gasteiger partial charge in [-0.2, -0.15) is 0 Å². The van der Waals surface area contributed by atoms with Crippen molar-refractivity contribution >= 4 is 40.0 Å². The fourth-order valence-electron chi connectivity index (χ4n) is 6.28. The van der Waals surface area contributed by atoms with Crippen molar-refractivity contribution in [1.29, 1.82) is 0 Å². The molecule has 0 radical (unpaired) electrons. The standard InChI is InChI=1S/C42H29N/c1-3-8-30(9-4-1)32-16-23-37(24-17-32)43(38-25-18-33(19-26-38)31-10-5-2-6-11-31)39-27-20-34(21-28-39)40-29-22-36-15-14-35-12-7-13-41(40)42(35)36/h1-29H. The van der Waals surface area contributed by atoms with Gasteiger partial charge in [0.1, 0.15) is 0 Å². The highest BCUT2D eigenvalue weighted by Crippen LogP contribution is 2.40. The van der Waals surface area contributed by atoms with Gasteiger partial charge in [0.05, 0.1) is 0 Å². The van der Waals surface area contributed by atoms with E-state index in [1.54, 1.807) is 0 Å². The van der Waals surface area contributed by atoms with E-state index in [1.165, 1.54) is 55.3 Å². The zero-order chi connectivity index (χ0) is 28.6. The predicted molar refractivity (Wildman–Crippen MR) is 184 cm³/mol. The number of hydrogen-bond donors (Lipinski definition) is 0. The average molecular weight is 548 g/mol. The van der Waals surface area contributed by atoms with Crippen LogP contribution >= 0.6 is 0 Å². The monoisotopic (exact) mass is 547 g/mol. The number of nitrogens with zero attached hydrogens (tertiary/aromatic N) is 1. The molecule has 0 aromatic heterocycles. The minimum absolute atomic E-state index is 1.12. The molecule has 0 fully saturated rings. The SMILES string of the molecule is C1=Cc2ccc(-c3ccc(N(c4ccc(-c5ccccc5)cc4)c4ccc(-c5ccccc5)cc4)cc3)c3cccc1c23. The van der Waals surface area contributed by atoms with Crippen molar-refractivity contribution in [3.05, 3.63) is 175 Å². The van der Waals surface area contributed by atoms with Crippen LogP contribution in [0.1, 0.15) is 11.1 Å². The molecule has 7 aromatic rings. The van der Waals surface area contributed by atoms with Gasteiger partial charge >= 0.3 is 0 Å². The highest BCUT2D eigenvalue weighted by Gasteiger charge is 2.16. The lowest BCUT2D eigenvalue weighted by Gasteiger charge is -2.26. The maximum Gasteiger partial charge on any atom is 0.0462 e. The third-order valence-corrected chi connectivity index (χ3v) is 8.45. The number of hydrogen-bond acceptors (Lipinski definition) is 1. The van der Waals surface area contributed by atoms with Crippen molar-refractivity contribution in [3.63, 3.8) is 0 Å². The molecule has 7 aromatic carbocycles. The molecule has 0 saturated heterocycles. The Morgan fingerprint density at radius 3 is 1.26 bits per heavy atom. The maximum absolute atomic E-state index is 2.34. The van der Waals surface area contributed by atoms with E-state index >= 15 is 0 Å². The van der Waals surface area contributed by atoms with Crippen LogP contribution in [0.2, 0.25) is 0 Å². The van der Waals surface area contributed by atoms with E-state index < -0.39 is 0 Å². The molecule has 0 atom stereocenters. The van der Waals surface area contributed by atoms with Gasteiger partial charge in [-0.3, -0.25) is 0 Å². The quantitative estimate of drug-likeness (QED) is 0.200. The molecular weight excluding hydrogens is 518 g/mol. The lowest BCUT2D eigenvalue weighted by Crippen LogP contribution is -2.09. The molecule has 202 valence electrons. The van der Waals surface area contributed by atoms with E-state index in [1.807, 2.05) is 0 Å². The molecule has 1 heteroatoms. The molecule has 0 amide bonds. The molecule has 0 spiro atoms. The van der Waals surface area contributed by atoms with Crippen LogP contribution in [-0.2, 0) is 0 Å². The smallest absolute Gasteiger partial charge is 0.0462 e. The van der Waals surface area contributed by atoms with Gasteiger partial charge in [0.15, 0.2) is 0 Å². The van der Waals surface area contributed by atoms with Gasteiger partial charge in [-0.05, 0) is 91.7 Å². The summed E-state index contributed by atoms with van der Waals surface area (Å²) in [6.07, 6.45) is 4.43.